The zero-order valence-corrected chi connectivity index (χ0v) is 11.7. The van der Waals surface area contributed by atoms with Gasteiger partial charge in [-0.05, 0) is 23.0 Å². The number of hydrogen-bond acceptors (Lipinski definition) is 2. The Kier molecular flexibility index (Phi) is 4.58. The first-order valence-electron chi connectivity index (χ1n) is 6.14. The summed E-state index contributed by atoms with van der Waals surface area (Å²) in [6.07, 6.45) is 0. The second-order valence-electron chi connectivity index (χ2n) is 4.36. The van der Waals surface area contributed by atoms with Crippen LogP contribution in [0.1, 0.15) is 17.3 Å². The highest BCUT2D eigenvalue weighted by Crippen LogP contribution is 2.20. The Morgan fingerprint density at radius 3 is 2.16 bits per heavy atom. The average Bonchev–Trinajstić information content (AvgIpc) is 2.46. The van der Waals surface area contributed by atoms with Gasteiger partial charge in [0.05, 0.1) is 5.75 Å². The van der Waals surface area contributed by atoms with Crippen LogP contribution in [0.15, 0.2) is 66.1 Å². The van der Waals surface area contributed by atoms with E-state index in [0.29, 0.717) is 5.75 Å². The Balaban J connectivity index is 2.10. The largest absolute Gasteiger partial charge is 0.293 e. The first-order valence-corrected chi connectivity index (χ1v) is 7.12. The first-order chi connectivity index (χ1) is 9.16. The zero-order valence-electron chi connectivity index (χ0n) is 10.9. The molecule has 2 aromatic carbocycles. The van der Waals surface area contributed by atoms with Crippen molar-refractivity contribution < 1.29 is 4.79 Å². The van der Waals surface area contributed by atoms with E-state index in [1.807, 2.05) is 49.4 Å². The minimum atomic E-state index is 0.146. The molecule has 0 aliphatic carbocycles. The minimum absolute atomic E-state index is 0.146. The molecule has 0 heterocycles. The van der Waals surface area contributed by atoms with Crippen LogP contribution in [0.3, 0.4) is 0 Å². The van der Waals surface area contributed by atoms with Gasteiger partial charge in [-0.25, -0.2) is 0 Å². The van der Waals surface area contributed by atoms with Gasteiger partial charge in [-0.1, -0.05) is 61.2 Å². The van der Waals surface area contributed by atoms with Gasteiger partial charge < -0.3 is 0 Å². The maximum atomic E-state index is 11.9. The molecule has 2 aromatic rings. The van der Waals surface area contributed by atoms with Crippen LogP contribution >= 0.6 is 11.8 Å². The van der Waals surface area contributed by atoms with E-state index in [9.17, 15) is 4.79 Å². The lowest BCUT2D eigenvalue weighted by molar-refractivity contribution is 0.102. The van der Waals surface area contributed by atoms with Crippen molar-refractivity contribution in [3.8, 4) is 11.1 Å². The number of rotatable bonds is 5. The summed E-state index contributed by atoms with van der Waals surface area (Å²) in [5.74, 6) is 0.604. The van der Waals surface area contributed by atoms with Crippen LogP contribution in [-0.2, 0) is 0 Å². The number of thioether (sulfide) groups is 1. The van der Waals surface area contributed by atoms with Crippen molar-refractivity contribution in [3.63, 3.8) is 0 Å². The molecule has 0 saturated heterocycles. The van der Waals surface area contributed by atoms with Crippen molar-refractivity contribution >= 4 is 17.5 Å². The van der Waals surface area contributed by atoms with Crippen molar-refractivity contribution in [2.24, 2.45) is 0 Å². The fourth-order valence-corrected chi connectivity index (χ4v) is 2.30. The normalized spacial score (nSPS) is 10.2. The van der Waals surface area contributed by atoms with E-state index >= 15 is 0 Å². The molecule has 0 amide bonds. The van der Waals surface area contributed by atoms with Crippen molar-refractivity contribution in [1.29, 1.82) is 0 Å². The predicted molar refractivity (Wildman–Crippen MR) is 83.5 cm³/mol. The molecule has 0 saturated carbocycles. The van der Waals surface area contributed by atoms with Crippen molar-refractivity contribution in [3.05, 3.63) is 71.6 Å². The van der Waals surface area contributed by atoms with Crippen molar-refractivity contribution in [2.75, 3.05) is 5.75 Å². The molecular weight excluding hydrogens is 252 g/mol. The maximum Gasteiger partial charge on any atom is 0.173 e. The summed E-state index contributed by atoms with van der Waals surface area (Å²) in [6, 6.07) is 17.9. The van der Waals surface area contributed by atoms with Gasteiger partial charge >= 0.3 is 0 Å². The van der Waals surface area contributed by atoms with E-state index in [1.165, 1.54) is 11.8 Å². The number of benzene rings is 2. The number of Topliss-reactive ketones (excluding diaryl/α,β-unsaturated/α-hetero) is 1. The third-order valence-electron chi connectivity index (χ3n) is 2.76. The summed E-state index contributed by atoms with van der Waals surface area (Å²) in [4.78, 5) is 12.9. The third-order valence-corrected chi connectivity index (χ3v) is 3.66. The summed E-state index contributed by atoms with van der Waals surface area (Å²) in [7, 11) is 0. The van der Waals surface area contributed by atoms with Gasteiger partial charge in [0.2, 0.25) is 0 Å². The first kappa shape index (κ1) is 13.6. The Morgan fingerprint density at radius 1 is 1.00 bits per heavy atom. The highest BCUT2D eigenvalue weighted by Gasteiger charge is 2.06. The summed E-state index contributed by atoms with van der Waals surface area (Å²) in [6.45, 7) is 5.70. The Hall–Kier alpha value is -1.80. The smallest absolute Gasteiger partial charge is 0.173 e. The van der Waals surface area contributed by atoms with Crippen LogP contribution in [0.5, 0.6) is 0 Å². The monoisotopic (exact) mass is 268 g/mol. The highest BCUT2D eigenvalue weighted by atomic mass is 32.2. The molecular formula is C17H16OS. The predicted octanol–water partition coefficient (Wildman–Crippen LogP) is 4.80. The molecule has 0 fully saturated rings. The minimum Gasteiger partial charge on any atom is -0.293 e. The Morgan fingerprint density at radius 2 is 1.58 bits per heavy atom. The van der Waals surface area contributed by atoms with Crippen molar-refractivity contribution in [2.45, 2.75) is 6.92 Å². The van der Waals surface area contributed by atoms with Crippen LogP contribution in [0.2, 0.25) is 0 Å². The highest BCUT2D eigenvalue weighted by molar-refractivity contribution is 8.03. The van der Waals surface area contributed by atoms with E-state index in [1.54, 1.807) is 0 Å². The molecule has 0 radical (unpaired) electrons. The molecule has 0 N–H and O–H groups in total. The average molecular weight is 268 g/mol. The van der Waals surface area contributed by atoms with Gasteiger partial charge in [-0.15, -0.1) is 11.8 Å². The standard InChI is InChI=1S/C17H16OS/c1-13(2)19-12-17(18)16-10-8-15(9-11-16)14-6-4-3-5-7-14/h3-11H,1,12H2,2H3. The molecule has 0 atom stereocenters. The topological polar surface area (TPSA) is 17.1 Å². The van der Waals surface area contributed by atoms with Gasteiger partial charge in [0, 0.05) is 5.56 Å². The molecule has 19 heavy (non-hydrogen) atoms. The molecule has 0 unspecified atom stereocenters. The van der Waals surface area contributed by atoms with E-state index in [-0.39, 0.29) is 5.78 Å². The molecule has 0 spiro atoms. The lowest BCUT2D eigenvalue weighted by Gasteiger charge is -2.04. The fourth-order valence-electron chi connectivity index (χ4n) is 1.75. The fraction of sp³-hybridized carbons (Fsp3) is 0.118. The van der Waals surface area contributed by atoms with Crippen molar-refractivity contribution in [1.82, 2.24) is 0 Å². The molecule has 2 heteroatoms. The van der Waals surface area contributed by atoms with Gasteiger partial charge in [-0.3, -0.25) is 4.79 Å². The number of hydrogen-bond donors (Lipinski definition) is 0. The molecule has 2 rings (SSSR count). The molecule has 0 bridgehead atoms. The van der Waals surface area contributed by atoms with Crippen LogP contribution in [0, 0.1) is 0 Å². The quantitative estimate of drug-likeness (QED) is 0.724. The summed E-state index contributed by atoms with van der Waals surface area (Å²) < 4.78 is 0. The number of carbonyl (C=O) groups is 1. The van der Waals surface area contributed by atoms with E-state index in [0.717, 1.165) is 21.6 Å². The van der Waals surface area contributed by atoms with Gasteiger partial charge in [0.1, 0.15) is 0 Å². The Labute approximate surface area is 118 Å². The van der Waals surface area contributed by atoms with E-state index in [2.05, 4.69) is 18.7 Å². The maximum absolute atomic E-state index is 11.9. The molecule has 0 aliphatic heterocycles. The van der Waals surface area contributed by atoms with Gasteiger partial charge in [0.25, 0.3) is 0 Å². The molecule has 0 aromatic heterocycles. The van der Waals surface area contributed by atoms with E-state index < -0.39 is 0 Å². The lowest BCUT2D eigenvalue weighted by Crippen LogP contribution is -2.01. The summed E-state index contributed by atoms with van der Waals surface area (Å²) in [5.41, 5.74) is 3.05. The number of ketones is 1. The lowest BCUT2D eigenvalue weighted by atomic mass is 10.0. The number of carbonyl (C=O) groups excluding carboxylic acids is 1. The Bertz CT molecular complexity index is 570. The molecule has 1 nitrogen and oxygen atoms in total. The summed E-state index contributed by atoms with van der Waals surface area (Å²) >= 11 is 1.49. The molecule has 96 valence electrons. The van der Waals surface area contributed by atoms with E-state index in [4.69, 9.17) is 0 Å². The third kappa shape index (κ3) is 3.83. The van der Waals surface area contributed by atoms with Crippen LogP contribution in [0.4, 0.5) is 0 Å². The second kappa shape index (κ2) is 6.39. The van der Waals surface area contributed by atoms with Gasteiger partial charge in [0.15, 0.2) is 5.78 Å². The molecule has 0 aliphatic rings. The SMILES string of the molecule is C=C(C)SCC(=O)c1ccc(-c2ccccc2)cc1. The number of allylic oxidation sites excluding steroid dienone is 1. The van der Waals surface area contributed by atoms with Gasteiger partial charge in [-0.2, -0.15) is 0 Å². The van der Waals surface area contributed by atoms with Crippen LogP contribution in [0.25, 0.3) is 11.1 Å². The van der Waals surface area contributed by atoms with Crippen LogP contribution in [-0.4, -0.2) is 11.5 Å². The second-order valence-corrected chi connectivity index (χ2v) is 5.63. The zero-order chi connectivity index (χ0) is 13.7. The summed E-state index contributed by atoms with van der Waals surface area (Å²) in [5, 5.41) is 0. The van der Waals surface area contributed by atoms with Crippen LogP contribution < -0.4 is 0 Å².